The average Bonchev–Trinajstić information content (AvgIpc) is 3.28. The van der Waals surface area contributed by atoms with E-state index in [1.807, 2.05) is 36.4 Å². The predicted octanol–water partition coefficient (Wildman–Crippen LogP) is 5.86. The van der Waals surface area contributed by atoms with E-state index in [-0.39, 0.29) is 5.78 Å². The zero-order valence-electron chi connectivity index (χ0n) is 14.9. The van der Waals surface area contributed by atoms with Crippen LogP contribution in [0.25, 0.3) is 22.8 Å². The number of fused-ring (bicyclic) bond motifs is 6. The van der Waals surface area contributed by atoms with E-state index >= 15 is 0 Å². The molecule has 0 bridgehead atoms. The van der Waals surface area contributed by atoms with Crippen molar-refractivity contribution in [1.29, 1.82) is 0 Å². The van der Waals surface area contributed by atoms with Gasteiger partial charge in [-0.15, -0.1) is 0 Å². The van der Waals surface area contributed by atoms with Crippen LogP contribution in [0.5, 0.6) is 0 Å². The maximum Gasteiger partial charge on any atom is 0.186 e. The first-order valence-electron chi connectivity index (χ1n) is 9.21. The van der Waals surface area contributed by atoms with Gasteiger partial charge in [0, 0.05) is 5.57 Å². The summed E-state index contributed by atoms with van der Waals surface area (Å²) in [5, 5.41) is 0. The van der Waals surface area contributed by atoms with Crippen molar-refractivity contribution < 1.29 is 4.79 Å². The molecular weight excluding hydrogens is 328 g/mol. The van der Waals surface area contributed by atoms with Crippen molar-refractivity contribution in [3.05, 3.63) is 119 Å². The Labute approximate surface area is 159 Å². The molecule has 0 saturated heterocycles. The highest BCUT2D eigenvalue weighted by Crippen LogP contribution is 2.37. The normalized spacial score (nSPS) is 14.9. The van der Waals surface area contributed by atoms with Gasteiger partial charge in [-0.05, 0) is 57.5 Å². The molecule has 1 heteroatoms. The first-order chi connectivity index (χ1) is 13.3. The van der Waals surface area contributed by atoms with Crippen LogP contribution in [0.15, 0.2) is 96.6 Å². The summed E-state index contributed by atoms with van der Waals surface area (Å²) in [6.07, 6.45) is 8.50. The second-order valence-corrected chi connectivity index (χ2v) is 6.94. The van der Waals surface area contributed by atoms with Crippen LogP contribution in [0.4, 0.5) is 0 Å². The fourth-order valence-corrected chi connectivity index (χ4v) is 4.03. The standard InChI is InChI=1S/C13H8O.C13H10/c14-13-7-3-6-11-10-5-2-1-4-9(10)8-12(11)13;1-3-7-12-10(5-1)9-11-6-2-4-8-13(11)12/h1-8H;1-8H,9H2. The van der Waals surface area contributed by atoms with Gasteiger partial charge in [0.1, 0.15) is 0 Å². The molecule has 0 spiro atoms. The largest absolute Gasteiger partial charge is 0.289 e. The van der Waals surface area contributed by atoms with Gasteiger partial charge in [-0.25, -0.2) is 0 Å². The molecule has 0 fully saturated rings. The van der Waals surface area contributed by atoms with Crippen LogP contribution in [0.2, 0.25) is 0 Å². The van der Waals surface area contributed by atoms with Gasteiger partial charge in [0.05, 0.1) is 0 Å². The molecular formula is C26H18O. The van der Waals surface area contributed by atoms with Crippen molar-refractivity contribution in [2.45, 2.75) is 6.42 Å². The van der Waals surface area contributed by atoms with Crippen molar-refractivity contribution in [1.82, 2.24) is 0 Å². The van der Waals surface area contributed by atoms with E-state index in [1.165, 1.54) is 27.8 Å². The number of carbonyl (C=O) groups is 1. The van der Waals surface area contributed by atoms with E-state index < -0.39 is 0 Å². The lowest BCUT2D eigenvalue weighted by Gasteiger charge is -2.06. The van der Waals surface area contributed by atoms with Crippen molar-refractivity contribution in [2.75, 3.05) is 0 Å². The summed E-state index contributed by atoms with van der Waals surface area (Å²) in [5.41, 5.74) is 9.96. The Hall–Kier alpha value is -3.45. The van der Waals surface area contributed by atoms with E-state index in [0.29, 0.717) is 0 Å². The second-order valence-electron chi connectivity index (χ2n) is 6.94. The summed E-state index contributed by atoms with van der Waals surface area (Å²) in [6.45, 7) is 0. The summed E-state index contributed by atoms with van der Waals surface area (Å²) in [5.74, 6) is 0.110. The number of hydrogen-bond donors (Lipinski definition) is 0. The number of allylic oxidation sites excluding steroid dienone is 5. The Morgan fingerprint density at radius 1 is 0.630 bits per heavy atom. The molecule has 0 N–H and O–H groups in total. The van der Waals surface area contributed by atoms with E-state index in [9.17, 15) is 4.79 Å². The molecule has 0 aliphatic heterocycles. The molecule has 3 aliphatic rings. The van der Waals surface area contributed by atoms with E-state index in [4.69, 9.17) is 0 Å². The molecule has 0 amide bonds. The van der Waals surface area contributed by atoms with Crippen LogP contribution in [-0.4, -0.2) is 5.78 Å². The molecule has 1 nitrogen and oxygen atoms in total. The number of carbonyl (C=O) groups excluding carboxylic acids is 1. The topological polar surface area (TPSA) is 17.1 Å². The molecule has 0 saturated carbocycles. The zero-order chi connectivity index (χ0) is 18.2. The molecule has 3 aromatic rings. The minimum atomic E-state index is 0.110. The van der Waals surface area contributed by atoms with Gasteiger partial charge in [-0.2, -0.15) is 0 Å². The Balaban J connectivity index is 0.000000119. The Morgan fingerprint density at radius 2 is 1.22 bits per heavy atom. The zero-order valence-corrected chi connectivity index (χ0v) is 14.9. The minimum Gasteiger partial charge on any atom is -0.289 e. The maximum atomic E-state index is 11.5. The van der Waals surface area contributed by atoms with Gasteiger partial charge < -0.3 is 0 Å². The lowest BCUT2D eigenvalue weighted by molar-refractivity contribution is -0.110. The maximum absolute atomic E-state index is 11.5. The molecule has 128 valence electrons. The third kappa shape index (κ3) is 2.69. The Morgan fingerprint density at radius 3 is 1.93 bits per heavy atom. The van der Waals surface area contributed by atoms with Crippen LogP contribution in [0.3, 0.4) is 0 Å². The third-order valence-corrected chi connectivity index (χ3v) is 5.32. The summed E-state index contributed by atoms with van der Waals surface area (Å²) in [4.78, 5) is 11.5. The lowest BCUT2D eigenvalue weighted by Crippen LogP contribution is -2.00. The molecule has 3 aliphatic carbocycles. The molecule has 0 radical (unpaired) electrons. The smallest absolute Gasteiger partial charge is 0.186 e. The number of benzene rings is 3. The summed E-state index contributed by atoms with van der Waals surface area (Å²) in [6, 6.07) is 25.4. The van der Waals surface area contributed by atoms with Gasteiger partial charge in [0.2, 0.25) is 0 Å². The predicted molar refractivity (Wildman–Crippen MR) is 111 cm³/mol. The highest BCUT2D eigenvalue weighted by molar-refractivity contribution is 6.23. The van der Waals surface area contributed by atoms with Gasteiger partial charge in [0.25, 0.3) is 0 Å². The summed E-state index contributed by atoms with van der Waals surface area (Å²) < 4.78 is 0. The fourth-order valence-electron chi connectivity index (χ4n) is 4.03. The van der Waals surface area contributed by atoms with Gasteiger partial charge in [-0.1, -0.05) is 84.9 Å². The first-order valence-corrected chi connectivity index (χ1v) is 9.21. The van der Waals surface area contributed by atoms with Crippen LogP contribution in [0.1, 0.15) is 22.3 Å². The van der Waals surface area contributed by atoms with E-state index in [0.717, 1.165) is 23.1 Å². The summed E-state index contributed by atoms with van der Waals surface area (Å²) >= 11 is 0. The molecule has 0 aromatic heterocycles. The van der Waals surface area contributed by atoms with Crippen LogP contribution < -0.4 is 0 Å². The van der Waals surface area contributed by atoms with Crippen LogP contribution in [0, 0.1) is 0 Å². The number of rotatable bonds is 0. The molecule has 0 heterocycles. The molecule has 3 aromatic carbocycles. The van der Waals surface area contributed by atoms with Crippen LogP contribution >= 0.6 is 0 Å². The second kappa shape index (κ2) is 6.37. The van der Waals surface area contributed by atoms with Crippen molar-refractivity contribution in [2.24, 2.45) is 0 Å². The molecule has 0 unspecified atom stereocenters. The molecule has 0 atom stereocenters. The SMILES string of the molecule is O=C1C=CC=C2C1=Cc1ccccc12.c1ccc2c(c1)Cc1ccccc1-2. The van der Waals surface area contributed by atoms with E-state index in [1.54, 1.807) is 6.08 Å². The number of ketones is 1. The lowest BCUT2D eigenvalue weighted by atomic mass is 9.96. The third-order valence-electron chi connectivity index (χ3n) is 5.32. The highest BCUT2D eigenvalue weighted by Gasteiger charge is 2.23. The van der Waals surface area contributed by atoms with Gasteiger partial charge in [-0.3, -0.25) is 4.79 Å². The average molecular weight is 346 g/mol. The highest BCUT2D eigenvalue weighted by atomic mass is 16.1. The fraction of sp³-hybridized carbons (Fsp3) is 0.0385. The Bertz CT molecular complexity index is 1110. The van der Waals surface area contributed by atoms with Crippen LogP contribution in [-0.2, 0) is 11.2 Å². The quantitative estimate of drug-likeness (QED) is 0.389. The van der Waals surface area contributed by atoms with Crippen molar-refractivity contribution >= 4 is 17.4 Å². The van der Waals surface area contributed by atoms with E-state index in [2.05, 4.69) is 54.6 Å². The van der Waals surface area contributed by atoms with Gasteiger partial charge in [0.15, 0.2) is 5.78 Å². The number of hydrogen-bond acceptors (Lipinski definition) is 1. The monoisotopic (exact) mass is 346 g/mol. The molecule has 6 rings (SSSR count). The molecule has 27 heavy (non-hydrogen) atoms. The van der Waals surface area contributed by atoms with Crippen molar-refractivity contribution in [3.63, 3.8) is 0 Å². The van der Waals surface area contributed by atoms with Gasteiger partial charge >= 0.3 is 0 Å². The minimum absolute atomic E-state index is 0.110. The first kappa shape index (κ1) is 15.8. The Kier molecular flexibility index (Phi) is 3.72. The summed E-state index contributed by atoms with van der Waals surface area (Å²) in [7, 11) is 0. The van der Waals surface area contributed by atoms with Crippen molar-refractivity contribution in [3.8, 4) is 11.1 Å².